The Hall–Kier alpha value is -2.12. The van der Waals surface area contributed by atoms with Gasteiger partial charge in [0.2, 0.25) is 5.91 Å². The summed E-state index contributed by atoms with van der Waals surface area (Å²) in [4.78, 5) is 35.5. The third-order valence-electron chi connectivity index (χ3n) is 6.17. The summed E-state index contributed by atoms with van der Waals surface area (Å²) >= 11 is 3.03. The smallest absolute Gasteiger partial charge is 0.267 e. The second-order valence-electron chi connectivity index (χ2n) is 8.13. The van der Waals surface area contributed by atoms with Crippen LogP contribution in [0.4, 0.5) is 0 Å². The zero-order chi connectivity index (χ0) is 20.7. The number of likely N-dealkylation sites (tertiary alicyclic amines) is 1. The quantitative estimate of drug-likeness (QED) is 0.446. The highest BCUT2D eigenvalue weighted by atomic mass is 32.2. The molecule has 7 heteroatoms. The lowest BCUT2D eigenvalue weighted by atomic mass is 10.0. The molecule has 1 amide bonds. The lowest BCUT2D eigenvalue weighted by Crippen LogP contribution is -2.43. The number of aryl methyl sites for hydroxylation is 2. The van der Waals surface area contributed by atoms with Crippen LogP contribution >= 0.6 is 23.1 Å². The number of benzene rings is 1. The summed E-state index contributed by atoms with van der Waals surface area (Å²) in [5.41, 5.74) is 1.98. The molecule has 0 saturated carbocycles. The average Bonchev–Trinajstić information content (AvgIpc) is 3.34. The molecule has 0 N–H and O–H groups in total. The number of aromatic nitrogens is 2. The highest BCUT2D eigenvalue weighted by Gasteiger charge is 2.26. The van der Waals surface area contributed by atoms with E-state index in [4.69, 9.17) is 4.98 Å². The van der Waals surface area contributed by atoms with E-state index in [1.807, 2.05) is 35.2 Å². The van der Waals surface area contributed by atoms with Gasteiger partial charge in [-0.05, 0) is 63.1 Å². The van der Waals surface area contributed by atoms with Gasteiger partial charge in [0.1, 0.15) is 4.83 Å². The Kier molecular flexibility index (Phi) is 5.41. The Balaban J connectivity index is 1.54. The first-order valence-electron chi connectivity index (χ1n) is 10.7. The minimum absolute atomic E-state index is 0.00751. The van der Waals surface area contributed by atoms with Crippen LogP contribution in [0.15, 0.2) is 40.3 Å². The van der Waals surface area contributed by atoms with Crippen LogP contribution < -0.4 is 5.56 Å². The van der Waals surface area contributed by atoms with Gasteiger partial charge in [-0.3, -0.25) is 14.2 Å². The van der Waals surface area contributed by atoms with Gasteiger partial charge in [0.25, 0.3) is 5.56 Å². The second kappa shape index (κ2) is 8.19. The maximum absolute atomic E-state index is 13.6. The Bertz CT molecular complexity index is 1150. The summed E-state index contributed by atoms with van der Waals surface area (Å²) in [5.74, 6) is 0.440. The molecule has 2 aromatic heterocycles. The number of fused-ring (bicyclic) bond motifs is 3. The van der Waals surface area contributed by atoms with Crippen molar-refractivity contribution >= 4 is 39.2 Å². The van der Waals surface area contributed by atoms with E-state index in [1.165, 1.54) is 28.6 Å². The van der Waals surface area contributed by atoms with Gasteiger partial charge in [-0.1, -0.05) is 30.0 Å². The largest absolute Gasteiger partial charge is 0.339 e. The van der Waals surface area contributed by atoms with E-state index in [2.05, 4.69) is 6.92 Å². The number of para-hydroxylation sites is 1. The molecule has 1 aliphatic carbocycles. The zero-order valence-corrected chi connectivity index (χ0v) is 18.7. The van der Waals surface area contributed by atoms with Crippen LogP contribution in [-0.2, 0) is 17.6 Å². The Morgan fingerprint density at radius 2 is 2.03 bits per heavy atom. The van der Waals surface area contributed by atoms with Gasteiger partial charge in [0.05, 0.1) is 16.8 Å². The zero-order valence-electron chi connectivity index (χ0n) is 17.1. The van der Waals surface area contributed by atoms with Crippen molar-refractivity contribution in [3.63, 3.8) is 0 Å². The Morgan fingerprint density at radius 1 is 1.20 bits per heavy atom. The Labute approximate surface area is 184 Å². The van der Waals surface area contributed by atoms with Crippen molar-refractivity contribution in [2.45, 2.75) is 56.6 Å². The Morgan fingerprint density at radius 3 is 2.83 bits per heavy atom. The molecule has 0 spiro atoms. The number of carbonyl (C=O) groups is 1. The molecule has 3 aromatic rings. The number of nitrogens with zero attached hydrogens (tertiary/aromatic N) is 3. The molecule has 30 heavy (non-hydrogen) atoms. The summed E-state index contributed by atoms with van der Waals surface area (Å²) in [6, 6.07) is 9.95. The van der Waals surface area contributed by atoms with Gasteiger partial charge in [-0.15, -0.1) is 11.3 Å². The maximum Gasteiger partial charge on any atom is 0.267 e. The van der Waals surface area contributed by atoms with Gasteiger partial charge in [0.15, 0.2) is 5.16 Å². The van der Waals surface area contributed by atoms with Gasteiger partial charge in [0, 0.05) is 17.5 Å². The second-order valence-corrected chi connectivity index (χ2v) is 10.2. The summed E-state index contributed by atoms with van der Waals surface area (Å²) < 4.78 is 1.70. The minimum Gasteiger partial charge on any atom is -0.339 e. The summed E-state index contributed by atoms with van der Waals surface area (Å²) in [7, 11) is 0. The van der Waals surface area contributed by atoms with Gasteiger partial charge in [-0.2, -0.15) is 0 Å². The molecule has 1 fully saturated rings. The third-order valence-corrected chi connectivity index (χ3v) is 8.28. The molecule has 0 radical (unpaired) electrons. The number of hydrogen-bond donors (Lipinski definition) is 0. The van der Waals surface area contributed by atoms with Crippen LogP contribution in [0, 0.1) is 0 Å². The molecule has 1 aliphatic heterocycles. The van der Waals surface area contributed by atoms with E-state index in [-0.39, 0.29) is 11.5 Å². The number of rotatable bonds is 4. The molecular weight excluding hydrogens is 414 g/mol. The number of thiophene rings is 1. The number of piperidine rings is 1. The number of hydrogen-bond acceptors (Lipinski definition) is 5. The summed E-state index contributed by atoms with van der Waals surface area (Å²) in [6.07, 6.45) is 6.43. The summed E-state index contributed by atoms with van der Waals surface area (Å²) in [6.45, 7) is 2.95. The lowest BCUT2D eigenvalue weighted by molar-refractivity contribution is -0.131. The molecule has 2 aliphatic rings. The third kappa shape index (κ3) is 3.48. The van der Waals surface area contributed by atoms with Crippen LogP contribution in [0.1, 0.15) is 43.0 Å². The number of carbonyl (C=O) groups excluding carboxylic acids is 1. The van der Waals surface area contributed by atoms with Gasteiger partial charge in [-0.25, -0.2) is 4.98 Å². The summed E-state index contributed by atoms with van der Waals surface area (Å²) in [5, 5.41) is 1.38. The first kappa shape index (κ1) is 19.8. The molecule has 5 nitrogen and oxygen atoms in total. The minimum atomic E-state index is -0.00751. The van der Waals surface area contributed by atoms with Gasteiger partial charge < -0.3 is 4.90 Å². The fourth-order valence-electron chi connectivity index (χ4n) is 4.60. The maximum atomic E-state index is 13.6. The fraction of sp³-hybridized carbons (Fsp3) is 0.435. The van der Waals surface area contributed by atoms with E-state index in [1.54, 1.807) is 15.9 Å². The van der Waals surface area contributed by atoms with Crippen molar-refractivity contribution in [2.24, 2.45) is 0 Å². The van der Waals surface area contributed by atoms with Crippen molar-refractivity contribution in [3.05, 3.63) is 51.1 Å². The topological polar surface area (TPSA) is 55.2 Å². The van der Waals surface area contributed by atoms with Crippen molar-refractivity contribution in [3.8, 4) is 5.69 Å². The van der Waals surface area contributed by atoms with E-state index in [0.29, 0.717) is 17.0 Å². The molecule has 0 unspecified atom stereocenters. The standard InChI is InChI=1S/C23H25N3O2S2/c1-15-8-5-6-13-25(15)19(27)14-29-23-24-21-20(17-11-7-12-18(17)30-21)22(28)26(23)16-9-3-2-4-10-16/h2-4,9-10,15H,5-8,11-14H2,1H3/t15-/m0/s1. The van der Waals surface area contributed by atoms with Crippen LogP contribution in [-0.4, -0.2) is 38.7 Å². The van der Waals surface area contributed by atoms with Crippen LogP contribution in [0.3, 0.4) is 0 Å². The fourth-order valence-corrected chi connectivity index (χ4v) is 6.81. The molecular formula is C23H25N3O2S2. The predicted octanol–water partition coefficient (Wildman–Crippen LogP) is 4.43. The molecule has 1 aromatic carbocycles. The molecule has 0 bridgehead atoms. The van der Waals surface area contributed by atoms with Crippen molar-refractivity contribution in [2.75, 3.05) is 12.3 Å². The molecule has 156 valence electrons. The molecule has 5 rings (SSSR count). The van der Waals surface area contributed by atoms with E-state index in [0.717, 1.165) is 54.6 Å². The van der Waals surface area contributed by atoms with Crippen molar-refractivity contribution < 1.29 is 4.79 Å². The first-order chi connectivity index (χ1) is 14.6. The molecule has 1 saturated heterocycles. The van der Waals surface area contributed by atoms with Crippen LogP contribution in [0.2, 0.25) is 0 Å². The normalized spacial score (nSPS) is 18.7. The highest BCUT2D eigenvalue weighted by molar-refractivity contribution is 7.99. The van der Waals surface area contributed by atoms with Crippen LogP contribution in [0.5, 0.6) is 0 Å². The molecule has 1 atom stereocenters. The predicted molar refractivity (Wildman–Crippen MR) is 123 cm³/mol. The molecule has 3 heterocycles. The van der Waals surface area contributed by atoms with E-state index in [9.17, 15) is 9.59 Å². The lowest BCUT2D eigenvalue weighted by Gasteiger charge is -2.33. The first-order valence-corrected chi connectivity index (χ1v) is 12.5. The van der Waals surface area contributed by atoms with Gasteiger partial charge >= 0.3 is 0 Å². The van der Waals surface area contributed by atoms with E-state index >= 15 is 0 Å². The SMILES string of the molecule is C[C@H]1CCCCN1C(=O)CSc1nc2sc3c(c2c(=O)n1-c1ccccc1)CCC3. The average molecular weight is 440 g/mol. The number of thioether (sulfide) groups is 1. The number of amides is 1. The van der Waals surface area contributed by atoms with E-state index < -0.39 is 0 Å². The highest BCUT2D eigenvalue weighted by Crippen LogP contribution is 2.36. The van der Waals surface area contributed by atoms with Crippen molar-refractivity contribution in [1.82, 2.24) is 14.5 Å². The van der Waals surface area contributed by atoms with Crippen LogP contribution in [0.25, 0.3) is 15.9 Å². The monoisotopic (exact) mass is 439 g/mol. The van der Waals surface area contributed by atoms with Crippen molar-refractivity contribution in [1.29, 1.82) is 0 Å².